The van der Waals surface area contributed by atoms with Crippen LogP contribution in [0.5, 0.6) is 0 Å². The standard InChI is InChI=1S/C17H22N2O3/c1-11(2)10-18(4)15(20)7-8-19-16(21)13-6-5-12(3)9-14(13)17(19)22/h5-6,9,11H,7-8,10H2,1-4H3. The topological polar surface area (TPSA) is 57.7 Å². The van der Waals surface area contributed by atoms with Crippen molar-refractivity contribution < 1.29 is 14.4 Å². The summed E-state index contributed by atoms with van der Waals surface area (Å²) in [5.41, 5.74) is 1.81. The third kappa shape index (κ3) is 3.18. The van der Waals surface area contributed by atoms with Crippen molar-refractivity contribution in [1.29, 1.82) is 0 Å². The lowest BCUT2D eigenvalue weighted by molar-refractivity contribution is -0.130. The zero-order valence-corrected chi connectivity index (χ0v) is 13.5. The van der Waals surface area contributed by atoms with Crippen molar-refractivity contribution in [2.24, 2.45) is 5.92 Å². The molecule has 1 aromatic carbocycles. The van der Waals surface area contributed by atoms with Crippen LogP contribution >= 0.6 is 0 Å². The summed E-state index contributed by atoms with van der Waals surface area (Å²) < 4.78 is 0. The number of fused-ring (bicyclic) bond motifs is 1. The van der Waals surface area contributed by atoms with Gasteiger partial charge in [0.1, 0.15) is 0 Å². The molecule has 2 rings (SSSR count). The molecule has 1 aliphatic heterocycles. The van der Waals surface area contributed by atoms with Crippen molar-refractivity contribution in [3.63, 3.8) is 0 Å². The third-order valence-electron chi connectivity index (χ3n) is 3.74. The first-order chi connectivity index (χ1) is 10.3. The van der Waals surface area contributed by atoms with Crippen molar-refractivity contribution in [1.82, 2.24) is 9.80 Å². The first-order valence-electron chi connectivity index (χ1n) is 7.52. The maximum Gasteiger partial charge on any atom is 0.261 e. The number of rotatable bonds is 5. The Bertz CT molecular complexity index is 622. The number of hydrogen-bond acceptors (Lipinski definition) is 3. The summed E-state index contributed by atoms with van der Waals surface area (Å²) in [4.78, 5) is 39.4. The number of hydrogen-bond donors (Lipinski definition) is 0. The SMILES string of the molecule is Cc1ccc2c(c1)C(=O)N(CCC(=O)N(C)CC(C)C)C2=O. The molecule has 0 aliphatic carbocycles. The normalized spacial score (nSPS) is 13.8. The average molecular weight is 302 g/mol. The highest BCUT2D eigenvalue weighted by molar-refractivity contribution is 6.21. The number of imide groups is 1. The van der Waals surface area contributed by atoms with Gasteiger partial charge in [-0.25, -0.2) is 0 Å². The molecule has 0 aromatic heterocycles. The fraction of sp³-hybridized carbons (Fsp3) is 0.471. The number of amides is 3. The van der Waals surface area contributed by atoms with Gasteiger partial charge in [-0.05, 0) is 25.0 Å². The van der Waals surface area contributed by atoms with E-state index in [1.165, 1.54) is 4.90 Å². The van der Waals surface area contributed by atoms with E-state index in [2.05, 4.69) is 0 Å². The summed E-state index contributed by atoms with van der Waals surface area (Å²) in [6.07, 6.45) is 0.160. The molecule has 0 unspecified atom stereocenters. The van der Waals surface area contributed by atoms with Crippen molar-refractivity contribution in [3.05, 3.63) is 34.9 Å². The zero-order valence-electron chi connectivity index (χ0n) is 13.5. The Balaban J connectivity index is 2.02. The molecule has 0 radical (unpaired) electrons. The van der Waals surface area contributed by atoms with Gasteiger partial charge in [0.15, 0.2) is 0 Å². The molecule has 3 amide bonds. The van der Waals surface area contributed by atoms with Crippen LogP contribution in [0, 0.1) is 12.8 Å². The number of carbonyl (C=O) groups is 3. The fourth-order valence-corrected chi connectivity index (χ4v) is 2.66. The maximum absolute atomic E-state index is 12.3. The molecule has 22 heavy (non-hydrogen) atoms. The maximum atomic E-state index is 12.3. The van der Waals surface area contributed by atoms with E-state index >= 15 is 0 Å². The van der Waals surface area contributed by atoms with Crippen LogP contribution in [0.4, 0.5) is 0 Å². The number of aryl methyl sites for hydroxylation is 1. The van der Waals surface area contributed by atoms with Gasteiger partial charge in [0.05, 0.1) is 11.1 Å². The summed E-state index contributed by atoms with van der Waals surface area (Å²) in [6.45, 7) is 6.75. The Hall–Kier alpha value is -2.17. The number of benzene rings is 1. The third-order valence-corrected chi connectivity index (χ3v) is 3.74. The second-order valence-corrected chi connectivity index (χ2v) is 6.23. The van der Waals surface area contributed by atoms with Crippen molar-refractivity contribution in [3.8, 4) is 0 Å². The van der Waals surface area contributed by atoms with Crippen LogP contribution in [-0.4, -0.2) is 47.7 Å². The van der Waals surface area contributed by atoms with Crippen LogP contribution in [-0.2, 0) is 4.79 Å². The molecule has 0 fully saturated rings. The van der Waals surface area contributed by atoms with Gasteiger partial charge < -0.3 is 4.90 Å². The molecular weight excluding hydrogens is 280 g/mol. The molecule has 118 valence electrons. The van der Waals surface area contributed by atoms with E-state index in [1.54, 1.807) is 24.1 Å². The van der Waals surface area contributed by atoms with E-state index in [1.807, 2.05) is 26.8 Å². The van der Waals surface area contributed by atoms with Crippen LogP contribution in [0.2, 0.25) is 0 Å². The highest BCUT2D eigenvalue weighted by Gasteiger charge is 2.35. The minimum absolute atomic E-state index is 0.0542. The Morgan fingerprint density at radius 1 is 1.18 bits per heavy atom. The second-order valence-electron chi connectivity index (χ2n) is 6.23. The van der Waals surface area contributed by atoms with Gasteiger partial charge in [0.2, 0.25) is 5.91 Å². The monoisotopic (exact) mass is 302 g/mol. The van der Waals surface area contributed by atoms with Crippen LogP contribution in [0.25, 0.3) is 0 Å². The Labute approximate surface area is 130 Å². The average Bonchev–Trinajstić information content (AvgIpc) is 2.67. The molecule has 0 atom stereocenters. The van der Waals surface area contributed by atoms with Gasteiger partial charge >= 0.3 is 0 Å². The molecule has 0 bridgehead atoms. The lowest BCUT2D eigenvalue weighted by Crippen LogP contribution is -2.36. The fourth-order valence-electron chi connectivity index (χ4n) is 2.66. The van der Waals surface area contributed by atoms with E-state index in [0.717, 1.165) is 5.56 Å². The van der Waals surface area contributed by atoms with Crippen LogP contribution in [0.3, 0.4) is 0 Å². The van der Waals surface area contributed by atoms with Crippen molar-refractivity contribution in [2.75, 3.05) is 20.1 Å². The molecule has 1 aromatic rings. The molecule has 1 aliphatic rings. The first-order valence-corrected chi connectivity index (χ1v) is 7.52. The van der Waals surface area contributed by atoms with Crippen LogP contribution < -0.4 is 0 Å². The lowest BCUT2D eigenvalue weighted by Gasteiger charge is -2.21. The molecular formula is C17H22N2O3. The molecule has 5 heteroatoms. The predicted octanol–water partition coefficient (Wildman–Crippen LogP) is 2.10. The zero-order chi connectivity index (χ0) is 16.4. The van der Waals surface area contributed by atoms with Gasteiger partial charge in [-0.1, -0.05) is 25.5 Å². The largest absolute Gasteiger partial charge is 0.345 e. The van der Waals surface area contributed by atoms with Crippen molar-refractivity contribution >= 4 is 17.7 Å². The van der Waals surface area contributed by atoms with Crippen LogP contribution in [0.1, 0.15) is 46.5 Å². The van der Waals surface area contributed by atoms with Crippen LogP contribution in [0.15, 0.2) is 18.2 Å². The summed E-state index contributed by atoms with van der Waals surface area (Å²) in [6, 6.07) is 5.22. The van der Waals surface area contributed by atoms with E-state index in [-0.39, 0.29) is 30.7 Å². The Morgan fingerprint density at radius 3 is 2.45 bits per heavy atom. The summed E-state index contributed by atoms with van der Waals surface area (Å²) in [5, 5.41) is 0. The molecule has 0 spiro atoms. The summed E-state index contributed by atoms with van der Waals surface area (Å²) >= 11 is 0. The van der Waals surface area contributed by atoms with Gasteiger partial charge in [-0.2, -0.15) is 0 Å². The smallest absolute Gasteiger partial charge is 0.261 e. The molecule has 1 heterocycles. The first kappa shape index (κ1) is 16.2. The van der Waals surface area contributed by atoms with Gasteiger partial charge in [-0.3, -0.25) is 19.3 Å². The minimum atomic E-state index is -0.306. The second kappa shape index (κ2) is 6.30. The van der Waals surface area contributed by atoms with Gasteiger partial charge in [-0.15, -0.1) is 0 Å². The minimum Gasteiger partial charge on any atom is -0.345 e. The molecule has 5 nitrogen and oxygen atoms in total. The van der Waals surface area contributed by atoms with E-state index in [9.17, 15) is 14.4 Å². The number of nitrogens with zero attached hydrogens (tertiary/aromatic N) is 2. The molecule has 0 saturated heterocycles. The van der Waals surface area contributed by atoms with Crippen molar-refractivity contribution in [2.45, 2.75) is 27.2 Å². The van der Waals surface area contributed by atoms with Gasteiger partial charge in [0, 0.05) is 26.6 Å². The summed E-state index contributed by atoms with van der Waals surface area (Å²) in [5.74, 6) is -0.278. The Morgan fingerprint density at radius 2 is 1.82 bits per heavy atom. The quantitative estimate of drug-likeness (QED) is 0.783. The summed E-state index contributed by atoms with van der Waals surface area (Å²) in [7, 11) is 1.74. The lowest BCUT2D eigenvalue weighted by atomic mass is 10.1. The van der Waals surface area contributed by atoms with E-state index < -0.39 is 0 Å². The van der Waals surface area contributed by atoms with Gasteiger partial charge in [0.25, 0.3) is 11.8 Å². The number of carbonyl (C=O) groups excluding carboxylic acids is 3. The highest BCUT2D eigenvalue weighted by Crippen LogP contribution is 2.24. The molecule has 0 saturated carbocycles. The van der Waals surface area contributed by atoms with E-state index in [4.69, 9.17) is 0 Å². The molecule has 0 N–H and O–H groups in total. The van der Waals surface area contributed by atoms with E-state index in [0.29, 0.717) is 23.6 Å². The Kier molecular flexibility index (Phi) is 4.64. The highest BCUT2D eigenvalue weighted by atomic mass is 16.2. The predicted molar refractivity (Wildman–Crippen MR) is 83.6 cm³/mol.